The second-order valence-corrected chi connectivity index (χ2v) is 7.72. The van der Waals surface area contributed by atoms with Crippen LogP contribution in [-0.4, -0.2) is 35.5 Å². The van der Waals surface area contributed by atoms with Gasteiger partial charge in [0.15, 0.2) is 0 Å². The van der Waals surface area contributed by atoms with Crippen LogP contribution in [0.3, 0.4) is 0 Å². The van der Waals surface area contributed by atoms with E-state index in [1.807, 2.05) is 13.8 Å². The first kappa shape index (κ1) is 20.7. The predicted molar refractivity (Wildman–Crippen MR) is 119 cm³/mol. The Hall–Kier alpha value is -4.21. The molecular formula is C23H19F2N7O. The lowest BCUT2D eigenvalue weighted by molar-refractivity contribution is -0.116. The molecule has 1 amide bonds. The van der Waals surface area contributed by atoms with E-state index in [-0.39, 0.29) is 23.7 Å². The van der Waals surface area contributed by atoms with Crippen LogP contribution in [0.5, 0.6) is 0 Å². The van der Waals surface area contributed by atoms with Gasteiger partial charge in [0, 0.05) is 23.5 Å². The van der Waals surface area contributed by atoms with E-state index < -0.39 is 11.6 Å². The monoisotopic (exact) mass is 447 g/mol. The molecular weight excluding hydrogens is 428 g/mol. The third-order valence-corrected chi connectivity index (χ3v) is 5.54. The molecule has 8 nitrogen and oxygen atoms in total. The third-order valence-electron chi connectivity index (χ3n) is 5.54. The van der Waals surface area contributed by atoms with Crippen molar-refractivity contribution in [1.29, 1.82) is 0 Å². The highest BCUT2D eigenvalue weighted by molar-refractivity contribution is 5.93. The standard InChI is InChI=1S/C23H19F2N7O/c1-12-16(13(2)32-23(28-12)26-11-27-32)5-8-21(33)29-15-4-7-19-20(10-15)31-22(30-19)17-9-14(24)3-6-18(17)25/h3-4,6-7,9-11H,5,8H2,1-2H3,(H,29,33)(H,30,31). The van der Waals surface area contributed by atoms with Gasteiger partial charge in [0.1, 0.15) is 23.8 Å². The number of imidazole rings is 1. The molecule has 0 bridgehead atoms. The van der Waals surface area contributed by atoms with Crippen molar-refractivity contribution in [1.82, 2.24) is 29.5 Å². The van der Waals surface area contributed by atoms with Gasteiger partial charge in [-0.2, -0.15) is 10.1 Å². The van der Waals surface area contributed by atoms with Gasteiger partial charge in [0.05, 0.1) is 16.6 Å². The average Bonchev–Trinajstić information content (AvgIpc) is 3.42. The number of nitrogens with zero attached hydrogens (tertiary/aromatic N) is 5. The molecule has 166 valence electrons. The van der Waals surface area contributed by atoms with Crippen molar-refractivity contribution in [2.75, 3.05) is 5.32 Å². The zero-order valence-electron chi connectivity index (χ0n) is 17.9. The van der Waals surface area contributed by atoms with E-state index in [1.165, 1.54) is 6.33 Å². The van der Waals surface area contributed by atoms with Crippen molar-refractivity contribution in [3.63, 3.8) is 0 Å². The summed E-state index contributed by atoms with van der Waals surface area (Å²) in [7, 11) is 0. The molecule has 0 aliphatic rings. The fourth-order valence-electron chi connectivity index (χ4n) is 3.87. The number of hydrogen-bond donors (Lipinski definition) is 2. The minimum absolute atomic E-state index is 0.0421. The topological polar surface area (TPSA) is 101 Å². The number of carbonyl (C=O) groups is 1. The highest BCUT2D eigenvalue weighted by atomic mass is 19.1. The Morgan fingerprint density at radius 3 is 2.82 bits per heavy atom. The molecule has 0 spiro atoms. The van der Waals surface area contributed by atoms with Crippen LogP contribution < -0.4 is 5.32 Å². The molecule has 0 fully saturated rings. The van der Waals surface area contributed by atoms with E-state index in [0.29, 0.717) is 28.9 Å². The number of amides is 1. The van der Waals surface area contributed by atoms with E-state index in [9.17, 15) is 13.6 Å². The van der Waals surface area contributed by atoms with Crippen LogP contribution in [0.2, 0.25) is 0 Å². The number of aromatic nitrogens is 6. The number of anilines is 1. The number of fused-ring (bicyclic) bond motifs is 2. The van der Waals surface area contributed by atoms with Crippen molar-refractivity contribution in [2.45, 2.75) is 26.7 Å². The van der Waals surface area contributed by atoms with E-state index in [2.05, 4.69) is 30.4 Å². The van der Waals surface area contributed by atoms with Crippen molar-refractivity contribution in [3.8, 4) is 11.4 Å². The third kappa shape index (κ3) is 3.91. The van der Waals surface area contributed by atoms with Crippen molar-refractivity contribution >= 4 is 28.4 Å². The molecule has 2 aromatic carbocycles. The van der Waals surface area contributed by atoms with Crippen LogP contribution in [0.15, 0.2) is 42.7 Å². The van der Waals surface area contributed by atoms with Crippen LogP contribution in [0, 0.1) is 25.5 Å². The maximum Gasteiger partial charge on any atom is 0.252 e. The first-order valence-electron chi connectivity index (χ1n) is 10.3. The molecule has 10 heteroatoms. The summed E-state index contributed by atoms with van der Waals surface area (Å²) in [6.07, 6.45) is 2.21. The molecule has 0 saturated carbocycles. The molecule has 0 radical (unpaired) electrons. The molecule has 3 aromatic heterocycles. The number of hydrogen-bond acceptors (Lipinski definition) is 5. The highest BCUT2D eigenvalue weighted by Gasteiger charge is 2.14. The Balaban J connectivity index is 1.32. The number of aryl methyl sites for hydroxylation is 2. The first-order valence-corrected chi connectivity index (χ1v) is 10.3. The minimum Gasteiger partial charge on any atom is -0.338 e. The summed E-state index contributed by atoms with van der Waals surface area (Å²) in [5.74, 6) is -0.546. The molecule has 5 aromatic rings. The quantitative estimate of drug-likeness (QED) is 0.422. The van der Waals surface area contributed by atoms with Crippen LogP contribution in [-0.2, 0) is 11.2 Å². The molecule has 0 aliphatic carbocycles. The molecule has 0 atom stereocenters. The lowest BCUT2D eigenvalue weighted by atomic mass is 10.1. The van der Waals surface area contributed by atoms with Crippen LogP contribution in [0.4, 0.5) is 14.5 Å². The number of halogens is 2. The highest BCUT2D eigenvalue weighted by Crippen LogP contribution is 2.26. The Bertz CT molecular complexity index is 1520. The van der Waals surface area contributed by atoms with Crippen molar-refractivity contribution in [2.24, 2.45) is 0 Å². The summed E-state index contributed by atoms with van der Waals surface area (Å²) in [5, 5.41) is 7.04. The summed E-state index contributed by atoms with van der Waals surface area (Å²) in [4.78, 5) is 28.4. The first-order chi connectivity index (χ1) is 15.9. The Morgan fingerprint density at radius 2 is 1.97 bits per heavy atom. The average molecular weight is 447 g/mol. The Kier molecular flexibility index (Phi) is 5.04. The van der Waals surface area contributed by atoms with E-state index >= 15 is 0 Å². The molecule has 2 N–H and O–H groups in total. The van der Waals surface area contributed by atoms with Crippen molar-refractivity contribution in [3.05, 3.63) is 71.3 Å². The molecule has 0 saturated heterocycles. The maximum absolute atomic E-state index is 14.1. The summed E-state index contributed by atoms with van der Waals surface area (Å²) in [6, 6.07) is 8.33. The summed E-state index contributed by atoms with van der Waals surface area (Å²) in [6.45, 7) is 3.81. The van der Waals surface area contributed by atoms with Crippen LogP contribution in [0.1, 0.15) is 23.4 Å². The lowest BCUT2D eigenvalue weighted by Crippen LogP contribution is -2.14. The zero-order valence-corrected chi connectivity index (χ0v) is 17.9. The lowest BCUT2D eigenvalue weighted by Gasteiger charge is -2.10. The van der Waals surface area contributed by atoms with Crippen molar-refractivity contribution < 1.29 is 13.6 Å². The predicted octanol–water partition coefficient (Wildman–Crippen LogP) is 4.13. The molecule has 5 rings (SSSR count). The molecule has 0 aliphatic heterocycles. The van der Waals surface area contributed by atoms with Gasteiger partial charge in [-0.3, -0.25) is 4.79 Å². The number of rotatable bonds is 5. The van der Waals surface area contributed by atoms with Crippen LogP contribution >= 0.6 is 0 Å². The number of aromatic amines is 1. The second-order valence-electron chi connectivity index (χ2n) is 7.72. The number of carbonyl (C=O) groups excluding carboxylic acids is 1. The van der Waals surface area contributed by atoms with Gasteiger partial charge in [-0.15, -0.1) is 0 Å². The smallest absolute Gasteiger partial charge is 0.252 e. The zero-order chi connectivity index (χ0) is 23.1. The van der Waals surface area contributed by atoms with Crippen LogP contribution in [0.25, 0.3) is 28.2 Å². The van der Waals surface area contributed by atoms with Gasteiger partial charge in [0.2, 0.25) is 5.91 Å². The Morgan fingerprint density at radius 1 is 1.12 bits per heavy atom. The maximum atomic E-state index is 14.1. The Labute approximate surface area is 186 Å². The summed E-state index contributed by atoms with van der Waals surface area (Å²) < 4.78 is 29.3. The number of nitrogens with one attached hydrogen (secondary N) is 2. The van der Waals surface area contributed by atoms with E-state index in [4.69, 9.17) is 0 Å². The number of H-pyrrole nitrogens is 1. The molecule has 0 unspecified atom stereocenters. The number of benzene rings is 2. The van der Waals surface area contributed by atoms with Gasteiger partial charge >= 0.3 is 0 Å². The fraction of sp³-hybridized carbons (Fsp3) is 0.174. The van der Waals surface area contributed by atoms with Gasteiger partial charge in [0.25, 0.3) is 5.78 Å². The normalized spacial score (nSPS) is 11.4. The molecule has 33 heavy (non-hydrogen) atoms. The summed E-state index contributed by atoms with van der Waals surface area (Å²) >= 11 is 0. The molecule has 3 heterocycles. The minimum atomic E-state index is -0.576. The van der Waals surface area contributed by atoms with E-state index in [1.54, 1.807) is 22.7 Å². The van der Waals surface area contributed by atoms with Gasteiger partial charge in [-0.25, -0.2) is 23.3 Å². The fourth-order valence-corrected chi connectivity index (χ4v) is 3.87. The van der Waals surface area contributed by atoms with Gasteiger partial charge in [-0.1, -0.05) is 0 Å². The van der Waals surface area contributed by atoms with E-state index in [0.717, 1.165) is 35.2 Å². The SMILES string of the molecule is Cc1nc2ncnn2c(C)c1CCC(=O)Nc1ccc2nc(-c3cc(F)ccc3F)[nH]c2c1. The second kappa shape index (κ2) is 8.05. The van der Waals surface area contributed by atoms with Gasteiger partial charge < -0.3 is 10.3 Å². The van der Waals surface area contributed by atoms with Gasteiger partial charge in [-0.05, 0) is 62.2 Å². The summed E-state index contributed by atoms with van der Waals surface area (Å²) in [5.41, 5.74) is 4.45. The largest absolute Gasteiger partial charge is 0.338 e.